The number of nitrogens with zero attached hydrogens (tertiary/aromatic N) is 2. The number of nitrogens with two attached hydrogens (primary N) is 1. The van der Waals surface area contributed by atoms with Gasteiger partial charge in [0.15, 0.2) is 0 Å². The molecular weight excluding hydrogens is 242 g/mol. The van der Waals surface area contributed by atoms with E-state index in [0.717, 1.165) is 15.7 Å². The predicted molar refractivity (Wildman–Crippen MR) is 59.6 cm³/mol. The summed E-state index contributed by atoms with van der Waals surface area (Å²) in [5.74, 6) is 0.497. The van der Waals surface area contributed by atoms with Gasteiger partial charge in [-0.2, -0.15) is 0 Å². The van der Waals surface area contributed by atoms with Gasteiger partial charge in [-0.05, 0) is 34.1 Å². The number of rotatable bonds is 1. The zero-order valence-corrected chi connectivity index (χ0v) is 8.90. The molecule has 0 aliphatic heterocycles. The van der Waals surface area contributed by atoms with Crippen LogP contribution in [0.15, 0.2) is 41.1 Å². The van der Waals surface area contributed by atoms with Gasteiger partial charge in [0.1, 0.15) is 5.82 Å². The summed E-state index contributed by atoms with van der Waals surface area (Å²) < 4.78 is 0.906. The highest BCUT2D eigenvalue weighted by Gasteiger charge is 2.04. The predicted octanol–water partition coefficient (Wildman–Crippen LogP) is 2.49. The fourth-order valence-corrected chi connectivity index (χ4v) is 1.70. The summed E-state index contributed by atoms with van der Waals surface area (Å²) in [5.41, 5.74) is 7.37. The summed E-state index contributed by atoms with van der Waals surface area (Å²) in [6, 6.07) is 7.51. The molecule has 70 valence electrons. The average molecular weight is 250 g/mol. The largest absolute Gasteiger partial charge is 0.384 e. The van der Waals surface area contributed by atoms with Crippen LogP contribution in [0.5, 0.6) is 0 Å². The van der Waals surface area contributed by atoms with Crippen LogP contribution in [-0.4, -0.2) is 9.97 Å². The Balaban J connectivity index is 2.53. The van der Waals surface area contributed by atoms with Gasteiger partial charge in [0.05, 0.1) is 5.69 Å². The molecule has 0 spiro atoms. The number of hydrogen-bond donors (Lipinski definition) is 1. The van der Waals surface area contributed by atoms with Crippen molar-refractivity contribution < 1.29 is 0 Å². The molecule has 0 aliphatic carbocycles. The van der Waals surface area contributed by atoms with E-state index in [4.69, 9.17) is 5.73 Å². The molecule has 2 heterocycles. The minimum atomic E-state index is 0.497. The average Bonchev–Trinajstić information content (AvgIpc) is 2.19. The van der Waals surface area contributed by atoms with Crippen LogP contribution in [0.25, 0.3) is 11.3 Å². The van der Waals surface area contributed by atoms with E-state index in [-0.39, 0.29) is 0 Å². The second-order valence-corrected chi connectivity index (χ2v) is 3.66. The van der Waals surface area contributed by atoms with Crippen LogP contribution >= 0.6 is 15.9 Å². The SMILES string of the molecule is Nc1cc(Br)c(-c2ccccn2)cn1. The Labute approximate surface area is 90.1 Å². The maximum absolute atomic E-state index is 5.54. The molecule has 4 heteroatoms. The Bertz CT molecular complexity index is 442. The first-order valence-corrected chi connectivity index (χ1v) is 4.89. The highest BCUT2D eigenvalue weighted by Crippen LogP contribution is 2.26. The lowest BCUT2D eigenvalue weighted by molar-refractivity contribution is 1.27. The quantitative estimate of drug-likeness (QED) is 0.845. The van der Waals surface area contributed by atoms with Crippen molar-refractivity contribution in [3.63, 3.8) is 0 Å². The van der Waals surface area contributed by atoms with Crippen molar-refractivity contribution in [2.75, 3.05) is 5.73 Å². The van der Waals surface area contributed by atoms with Gasteiger partial charge in [0, 0.05) is 22.4 Å². The third-order valence-corrected chi connectivity index (χ3v) is 2.47. The first kappa shape index (κ1) is 9.15. The molecule has 3 nitrogen and oxygen atoms in total. The van der Waals surface area contributed by atoms with Crippen LogP contribution in [-0.2, 0) is 0 Å². The summed E-state index contributed by atoms with van der Waals surface area (Å²) in [6.07, 6.45) is 3.46. The first-order valence-electron chi connectivity index (χ1n) is 4.10. The summed E-state index contributed by atoms with van der Waals surface area (Å²) in [6.45, 7) is 0. The van der Waals surface area contributed by atoms with Crippen LogP contribution < -0.4 is 5.73 Å². The monoisotopic (exact) mass is 249 g/mol. The second kappa shape index (κ2) is 3.75. The number of anilines is 1. The fourth-order valence-electron chi connectivity index (χ4n) is 1.16. The van der Waals surface area contributed by atoms with Gasteiger partial charge < -0.3 is 5.73 Å². The van der Waals surface area contributed by atoms with Crippen LogP contribution in [0.4, 0.5) is 5.82 Å². The van der Waals surface area contributed by atoms with Crippen LogP contribution in [0, 0.1) is 0 Å². The fraction of sp³-hybridized carbons (Fsp3) is 0. The van der Waals surface area contributed by atoms with E-state index < -0.39 is 0 Å². The van der Waals surface area contributed by atoms with Crippen molar-refractivity contribution in [1.29, 1.82) is 0 Å². The summed E-state index contributed by atoms with van der Waals surface area (Å²) in [5, 5.41) is 0. The Kier molecular flexibility index (Phi) is 2.45. The van der Waals surface area contributed by atoms with Gasteiger partial charge in [-0.25, -0.2) is 4.98 Å². The lowest BCUT2D eigenvalue weighted by Crippen LogP contribution is -1.91. The number of halogens is 1. The minimum Gasteiger partial charge on any atom is -0.384 e. The zero-order chi connectivity index (χ0) is 9.97. The standard InChI is InChI=1S/C10H8BrN3/c11-8-5-10(12)14-6-7(8)9-3-1-2-4-13-9/h1-6H,(H2,12,14). The van der Waals surface area contributed by atoms with E-state index in [0.29, 0.717) is 5.82 Å². The number of nitrogen functional groups attached to an aromatic ring is 1. The molecule has 0 saturated carbocycles. The van der Waals surface area contributed by atoms with E-state index in [1.165, 1.54) is 0 Å². The van der Waals surface area contributed by atoms with E-state index in [9.17, 15) is 0 Å². The summed E-state index contributed by atoms with van der Waals surface area (Å²) in [7, 11) is 0. The molecule has 0 fully saturated rings. The van der Waals surface area contributed by atoms with Gasteiger partial charge in [0.25, 0.3) is 0 Å². The highest BCUT2D eigenvalue weighted by atomic mass is 79.9. The molecule has 2 rings (SSSR count). The molecule has 0 radical (unpaired) electrons. The molecule has 0 aromatic carbocycles. The highest BCUT2D eigenvalue weighted by molar-refractivity contribution is 9.10. The summed E-state index contributed by atoms with van der Waals surface area (Å²) in [4.78, 5) is 8.25. The molecule has 0 saturated heterocycles. The maximum Gasteiger partial charge on any atom is 0.124 e. The van der Waals surface area contributed by atoms with Crippen LogP contribution in [0.1, 0.15) is 0 Å². The lowest BCUT2D eigenvalue weighted by atomic mass is 10.2. The molecule has 2 N–H and O–H groups in total. The van der Waals surface area contributed by atoms with Gasteiger partial charge in [0.2, 0.25) is 0 Å². The molecule has 2 aromatic rings. The molecule has 0 atom stereocenters. The summed E-state index contributed by atoms with van der Waals surface area (Å²) >= 11 is 3.42. The van der Waals surface area contributed by atoms with E-state index >= 15 is 0 Å². The molecule has 0 amide bonds. The van der Waals surface area contributed by atoms with Crippen molar-refractivity contribution in [1.82, 2.24) is 9.97 Å². The van der Waals surface area contributed by atoms with E-state index in [1.807, 2.05) is 18.2 Å². The topological polar surface area (TPSA) is 51.8 Å². The van der Waals surface area contributed by atoms with E-state index in [1.54, 1.807) is 18.5 Å². The first-order chi connectivity index (χ1) is 6.77. The number of pyridine rings is 2. The normalized spacial score (nSPS) is 10.1. The third kappa shape index (κ3) is 1.75. The Morgan fingerprint density at radius 2 is 2.07 bits per heavy atom. The maximum atomic E-state index is 5.54. The molecule has 2 aromatic heterocycles. The van der Waals surface area contributed by atoms with Crippen LogP contribution in [0.3, 0.4) is 0 Å². The smallest absolute Gasteiger partial charge is 0.124 e. The van der Waals surface area contributed by atoms with Crippen molar-refractivity contribution in [3.05, 3.63) is 41.1 Å². The minimum absolute atomic E-state index is 0.497. The molecular formula is C10H8BrN3. The van der Waals surface area contributed by atoms with Gasteiger partial charge in [-0.3, -0.25) is 4.98 Å². The van der Waals surface area contributed by atoms with Crippen molar-refractivity contribution >= 4 is 21.7 Å². The number of aromatic nitrogens is 2. The van der Waals surface area contributed by atoms with Crippen molar-refractivity contribution in [2.45, 2.75) is 0 Å². The van der Waals surface area contributed by atoms with Gasteiger partial charge >= 0.3 is 0 Å². The van der Waals surface area contributed by atoms with Crippen molar-refractivity contribution in [3.8, 4) is 11.3 Å². The zero-order valence-electron chi connectivity index (χ0n) is 7.31. The lowest BCUT2D eigenvalue weighted by Gasteiger charge is -2.03. The van der Waals surface area contributed by atoms with E-state index in [2.05, 4.69) is 25.9 Å². The number of hydrogen-bond acceptors (Lipinski definition) is 3. The Hall–Kier alpha value is -1.42. The molecule has 0 bridgehead atoms. The van der Waals surface area contributed by atoms with Gasteiger partial charge in [-0.15, -0.1) is 0 Å². The molecule has 0 unspecified atom stereocenters. The van der Waals surface area contributed by atoms with Crippen LogP contribution in [0.2, 0.25) is 0 Å². The second-order valence-electron chi connectivity index (χ2n) is 2.80. The Morgan fingerprint density at radius 1 is 1.21 bits per heavy atom. The third-order valence-electron chi connectivity index (χ3n) is 1.82. The molecule has 14 heavy (non-hydrogen) atoms. The van der Waals surface area contributed by atoms with Crippen molar-refractivity contribution in [2.24, 2.45) is 0 Å². The molecule has 0 aliphatic rings. The Morgan fingerprint density at radius 3 is 2.71 bits per heavy atom. The van der Waals surface area contributed by atoms with Gasteiger partial charge in [-0.1, -0.05) is 6.07 Å².